The molecule has 4 heterocycles. The molecule has 0 spiro atoms. The van der Waals surface area contributed by atoms with Crippen LogP contribution in [0, 0.1) is 0 Å². The summed E-state index contributed by atoms with van der Waals surface area (Å²) >= 11 is 0. The Labute approximate surface area is 170 Å². The standard InChI is InChI=1S/C20H27N9/c1-21-18-15-6-3-7-16(15)23-20(24-18)29-9-4-5-14(11-29)19-26-25-17(27(19)2)12-28-10-8-22-13-28/h8,10,13-14H,3-7,9,11-12H2,1-2H3,(H,21,23,24). The van der Waals surface area contributed by atoms with Crippen molar-refractivity contribution in [3.8, 4) is 0 Å². The number of nitrogens with one attached hydrogen (secondary N) is 1. The van der Waals surface area contributed by atoms with Crippen LogP contribution in [0.1, 0.15) is 48.1 Å². The van der Waals surface area contributed by atoms with E-state index < -0.39 is 0 Å². The van der Waals surface area contributed by atoms with Crippen LogP contribution in [-0.2, 0) is 26.4 Å². The molecule has 1 N–H and O–H groups in total. The van der Waals surface area contributed by atoms with Gasteiger partial charge in [0.1, 0.15) is 11.6 Å². The first-order chi connectivity index (χ1) is 14.2. The predicted molar refractivity (Wildman–Crippen MR) is 110 cm³/mol. The lowest BCUT2D eigenvalue weighted by Crippen LogP contribution is -2.36. The number of anilines is 2. The third kappa shape index (κ3) is 3.34. The van der Waals surface area contributed by atoms with Crippen LogP contribution in [0.4, 0.5) is 11.8 Å². The molecule has 5 rings (SSSR count). The summed E-state index contributed by atoms with van der Waals surface area (Å²) in [5.74, 6) is 4.15. The molecule has 9 heteroatoms. The second kappa shape index (κ2) is 7.46. The van der Waals surface area contributed by atoms with Gasteiger partial charge >= 0.3 is 0 Å². The Bertz CT molecular complexity index is 992. The van der Waals surface area contributed by atoms with Crippen LogP contribution in [0.2, 0.25) is 0 Å². The fourth-order valence-corrected chi connectivity index (χ4v) is 4.55. The highest BCUT2D eigenvalue weighted by atomic mass is 15.3. The number of nitrogens with zero attached hydrogens (tertiary/aromatic N) is 8. The third-order valence-electron chi connectivity index (χ3n) is 6.11. The quantitative estimate of drug-likeness (QED) is 0.706. The van der Waals surface area contributed by atoms with Gasteiger partial charge in [0.15, 0.2) is 5.82 Å². The van der Waals surface area contributed by atoms with E-state index in [2.05, 4.69) is 37.0 Å². The minimum absolute atomic E-state index is 0.327. The molecule has 152 valence electrons. The van der Waals surface area contributed by atoms with Crippen molar-refractivity contribution in [2.75, 3.05) is 30.4 Å². The lowest BCUT2D eigenvalue weighted by atomic mass is 9.97. The van der Waals surface area contributed by atoms with Gasteiger partial charge in [0.05, 0.1) is 18.6 Å². The summed E-state index contributed by atoms with van der Waals surface area (Å²) in [4.78, 5) is 16.2. The molecule has 1 aliphatic heterocycles. The molecule has 1 aliphatic carbocycles. The molecule has 3 aromatic heterocycles. The Kier molecular flexibility index (Phi) is 4.65. The molecule has 1 unspecified atom stereocenters. The van der Waals surface area contributed by atoms with E-state index in [1.807, 2.05) is 17.8 Å². The highest BCUT2D eigenvalue weighted by Crippen LogP contribution is 2.32. The van der Waals surface area contributed by atoms with E-state index in [1.165, 1.54) is 17.7 Å². The summed E-state index contributed by atoms with van der Waals surface area (Å²) < 4.78 is 4.15. The monoisotopic (exact) mass is 393 g/mol. The number of imidazole rings is 1. The highest BCUT2D eigenvalue weighted by Gasteiger charge is 2.29. The molecular weight excluding hydrogens is 366 g/mol. The van der Waals surface area contributed by atoms with E-state index in [-0.39, 0.29) is 0 Å². The van der Waals surface area contributed by atoms with Gasteiger partial charge in [-0.1, -0.05) is 0 Å². The molecule has 0 radical (unpaired) electrons. The largest absolute Gasteiger partial charge is 0.373 e. The number of fused-ring (bicyclic) bond motifs is 1. The van der Waals surface area contributed by atoms with Crippen molar-refractivity contribution in [2.24, 2.45) is 7.05 Å². The first kappa shape index (κ1) is 18.1. The van der Waals surface area contributed by atoms with Gasteiger partial charge in [-0.2, -0.15) is 4.98 Å². The summed E-state index contributed by atoms with van der Waals surface area (Å²) in [6.45, 7) is 2.54. The normalized spacial score (nSPS) is 18.8. The molecule has 0 bridgehead atoms. The minimum atomic E-state index is 0.327. The Hall–Kier alpha value is -2.97. The number of hydrogen-bond acceptors (Lipinski definition) is 7. The van der Waals surface area contributed by atoms with Crippen LogP contribution in [0.3, 0.4) is 0 Å². The third-order valence-corrected chi connectivity index (χ3v) is 6.11. The molecule has 29 heavy (non-hydrogen) atoms. The Morgan fingerprint density at radius 2 is 2.10 bits per heavy atom. The molecule has 9 nitrogen and oxygen atoms in total. The van der Waals surface area contributed by atoms with E-state index >= 15 is 0 Å². The first-order valence-corrected chi connectivity index (χ1v) is 10.4. The second-order valence-corrected chi connectivity index (χ2v) is 7.95. The predicted octanol–water partition coefficient (Wildman–Crippen LogP) is 1.76. The zero-order valence-electron chi connectivity index (χ0n) is 17.0. The fraction of sp³-hybridized carbons (Fsp3) is 0.550. The number of aryl methyl sites for hydroxylation is 1. The van der Waals surface area contributed by atoms with Crippen LogP contribution in [0.25, 0.3) is 0 Å². The van der Waals surface area contributed by atoms with Crippen molar-refractivity contribution < 1.29 is 0 Å². The summed E-state index contributed by atoms with van der Waals surface area (Å²) in [7, 11) is 4.01. The lowest BCUT2D eigenvalue weighted by molar-refractivity contribution is 0.473. The molecule has 2 aliphatic rings. The van der Waals surface area contributed by atoms with Crippen molar-refractivity contribution in [1.29, 1.82) is 0 Å². The summed E-state index contributed by atoms with van der Waals surface area (Å²) in [6.07, 6.45) is 11.0. The van der Waals surface area contributed by atoms with Crippen LogP contribution < -0.4 is 10.2 Å². The number of rotatable bonds is 5. The average molecular weight is 393 g/mol. The van der Waals surface area contributed by atoms with Gasteiger partial charge in [0, 0.05) is 51.1 Å². The minimum Gasteiger partial charge on any atom is -0.373 e. The van der Waals surface area contributed by atoms with E-state index in [4.69, 9.17) is 9.97 Å². The summed E-state index contributed by atoms with van der Waals surface area (Å²) in [6, 6.07) is 0. The topological polar surface area (TPSA) is 89.6 Å². The molecular formula is C20H27N9. The maximum atomic E-state index is 4.91. The van der Waals surface area contributed by atoms with Gasteiger partial charge in [0.25, 0.3) is 0 Å². The smallest absolute Gasteiger partial charge is 0.227 e. The maximum Gasteiger partial charge on any atom is 0.227 e. The first-order valence-electron chi connectivity index (χ1n) is 10.4. The van der Waals surface area contributed by atoms with Crippen LogP contribution >= 0.6 is 0 Å². The van der Waals surface area contributed by atoms with Crippen molar-refractivity contribution in [3.05, 3.63) is 41.6 Å². The molecule has 0 saturated carbocycles. The summed E-state index contributed by atoms with van der Waals surface area (Å²) in [5, 5.41) is 12.3. The van der Waals surface area contributed by atoms with Gasteiger partial charge in [-0.15, -0.1) is 10.2 Å². The van der Waals surface area contributed by atoms with Crippen molar-refractivity contribution in [1.82, 2.24) is 34.3 Å². The number of aromatic nitrogens is 7. The molecule has 1 fully saturated rings. The van der Waals surface area contributed by atoms with Gasteiger partial charge in [-0.25, -0.2) is 9.97 Å². The average Bonchev–Trinajstić information content (AvgIpc) is 3.50. The second-order valence-electron chi connectivity index (χ2n) is 7.95. The highest BCUT2D eigenvalue weighted by molar-refractivity contribution is 5.53. The van der Waals surface area contributed by atoms with E-state index in [0.717, 1.165) is 62.2 Å². The van der Waals surface area contributed by atoms with Crippen LogP contribution in [0.5, 0.6) is 0 Å². The van der Waals surface area contributed by atoms with Crippen molar-refractivity contribution >= 4 is 11.8 Å². The van der Waals surface area contributed by atoms with Crippen molar-refractivity contribution in [2.45, 2.75) is 44.6 Å². The van der Waals surface area contributed by atoms with E-state index in [9.17, 15) is 0 Å². The molecule has 0 aromatic carbocycles. The molecule has 0 amide bonds. The Morgan fingerprint density at radius 1 is 1.17 bits per heavy atom. The number of piperidine rings is 1. The zero-order valence-corrected chi connectivity index (χ0v) is 17.0. The van der Waals surface area contributed by atoms with Gasteiger partial charge in [0.2, 0.25) is 5.95 Å². The molecule has 1 saturated heterocycles. The van der Waals surface area contributed by atoms with E-state index in [1.54, 1.807) is 12.5 Å². The van der Waals surface area contributed by atoms with Gasteiger partial charge in [-0.3, -0.25) is 0 Å². The summed E-state index contributed by atoms with van der Waals surface area (Å²) in [5.41, 5.74) is 2.50. The van der Waals surface area contributed by atoms with Gasteiger partial charge < -0.3 is 19.4 Å². The number of hydrogen-bond donors (Lipinski definition) is 1. The van der Waals surface area contributed by atoms with Crippen LogP contribution in [0.15, 0.2) is 18.7 Å². The van der Waals surface area contributed by atoms with Crippen LogP contribution in [-0.4, -0.2) is 54.4 Å². The maximum absolute atomic E-state index is 4.91. The van der Waals surface area contributed by atoms with Gasteiger partial charge in [-0.05, 0) is 32.1 Å². The van der Waals surface area contributed by atoms with E-state index in [0.29, 0.717) is 12.5 Å². The SMILES string of the molecule is CNc1nc(N2CCCC(c3nnc(Cn4ccnc4)n3C)C2)nc2c1CCC2. The Morgan fingerprint density at radius 3 is 2.93 bits per heavy atom. The molecule has 3 aromatic rings. The Balaban J connectivity index is 1.37. The fourth-order valence-electron chi connectivity index (χ4n) is 4.55. The lowest BCUT2D eigenvalue weighted by Gasteiger charge is -2.32. The molecule has 1 atom stereocenters. The zero-order chi connectivity index (χ0) is 19.8. The van der Waals surface area contributed by atoms with Crippen molar-refractivity contribution in [3.63, 3.8) is 0 Å².